The van der Waals surface area contributed by atoms with Gasteiger partial charge < -0.3 is 10.0 Å². The number of aryl methyl sites for hydroxylation is 1. The van der Waals surface area contributed by atoms with E-state index in [4.69, 9.17) is 0 Å². The molecule has 1 saturated heterocycles. The number of piperazine rings is 1. The Balaban J connectivity index is 1.53. The lowest BCUT2D eigenvalue weighted by Crippen LogP contribution is -2.46. The Morgan fingerprint density at radius 2 is 1.69 bits per heavy atom. The molecule has 3 aromatic rings. The van der Waals surface area contributed by atoms with Crippen LogP contribution in [-0.2, 0) is 6.54 Å². The molecule has 6 nitrogen and oxygen atoms in total. The van der Waals surface area contributed by atoms with Gasteiger partial charge in [0.25, 0.3) is 0 Å². The largest absolute Gasteiger partial charge is 0.477 e. The van der Waals surface area contributed by atoms with Crippen molar-refractivity contribution in [3.05, 3.63) is 77.5 Å². The number of anilines is 1. The summed E-state index contributed by atoms with van der Waals surface area (Å²) in [5.74, 6) is 0.0568. The molecule has 0 bridgehead atoms. The molecule has 0 radical (unpaired) electrons. The maximum atomic E-state index is 11.7. The molecule has 2 aromatic carbocycles. The van der Waals surface area contributed by atoms with Gasteiger partial charge in [-0.15, -0.1) is 0 Å². The smallest absolute Gasteiger partial charge is 0.341 e. The van der Waals surface area contributed by atoms with Gasteiger partial charge in [0.2, 0.25) is 0 Å². The van der Waals surface area contributed by atoms with Crippen LogP contribution < -0.4 is 4.90 Å². The van der Waals surface area contributed by atoms with Crippen LogP contribution in [0.3, 0.4) is 0 Å². The monoisotopic (exact) mass is 388 g/mol. The summed E-state index contributed by atoms with van der Waals surface area (Å²) in [7, 11) is 0. The number of nitrogens with zero attached hydrogens (tertiary/aromatic N) is 4. The molecule has 1 aliphatic rings. The van der Waals surface area contributed by atoms with Crippen molar-refractivity contribution in [2.45, 2.75) is 13.5 Å². The first-order valence-corrected chi connectivity index (χ1v) is 9.79. The maximum absolute atomic E-state index is 11.7. The number of rotatable bonds is 5. The van der Waals surface area contributed by atoms with Gasteiger partial charge in [-0.05, 0) is 12.5 Å². The van der Waals surface area contributed by atoms with Crippen LogP contribution in [0, 0.1) is 6.92 Å². The number of carboxylic acid groups (broad SMARTS) is 1. The number of hydrogen-bond acceptors (Lipinski definition) is 5. The lowest BCUT2D eigenvalue weighted by molar-refractivity contribution is 0.0696. The molecule has 4 rings (SSSR count). The van der Waals surface area contributed by atoms with E-state index in [2.05, 4.69) is 44.0 Å². The summed E-state index contributed by atoms with van der Waals surface area (Å²) in [5, 5.41) is 9.62. The molecule has 0 atom stereocenters. The van der Waals surface area contributed by atoms with E-state index in [0.717, 1.165) is 43.9 Å². The highest BCUT2D eigenvalue weighted by atomic mass is 16.4. The highest BCUT2D eigenvalue weighted by Crippen LogP contribution is 2.24. The minimum Gasteiger partial charge on any atom is -0.477 e. The Morgan fingerprint density at radius 1 is 1.00 bits per heavy atom. The van der Waals surface area contributed by atoms with E-state index in [-0.39, 0.29) is 5.56 Å². The molecule has 0 saturated carbocycles. The number of benzene rings is 2. The van der Waals surface area contributed by atoms with Gasteiger partial charge >= 0.3 is 5.97 Å². The number of aromatic carboxylic acids is 1. The second-order valence-corrected chi connectivity index (χ2v) is 7.35. The normalized spacial score (nSPS) is 14.7. The molecule has 2 heterocycles. The summed E-state index contributed by atoms with van der Waals surface area (Å²) in [6.07, 6.45) is 1.43. The first kappa shape index (κ1) is 19.1. The predicted octanol–water partition coefficient (Wildman–Crippen LogP) is 3.47. The molecule has 6 heteroatoms. The van der Waals surface area contributed by atoms with Gasteiger partial charge in [0, 0.05) is 44.5 Å². The fraction of sp³-hybridized carbons (Fsp3) is 0.261. The fourth-order valence-electron chi connectivity index (χ4n) is 3.57. The molecule has 0 amide bonds. The molecular formula is C23H24N4O2. The third-order valence-corrected chi connectivity index (χ3v) is 5.23. The van der Waals surface area contributed by atoms with E-state index in [1.54, 1.807) is 0 Å². The van der Waals surface area contributed by atoms with Crippen LogP contribution in [-0.4, -0.2) is 52.1 Å². The zero-order valence-corrected chi connectivity index (χ0v) is 16.5. The number of carboxylic acids is 1. The van der Waals surface area contributed by atoms with Gasteiger partial charge in [0.05, 0.1) is 0 Å². The molecule has 1 fully saturated rings. The number of aromatic nitrogens is 2. The summed E-state index contributed by atoms with van der Waals surface area (Å²) in [5.41, 5.74) is 3.48. The topological polar surface area (TPSA) is 69.6 Å². The molecule has 0 aliphatic carbocycles. The standard InChI is InChI=1S/C23H24N4O2/c1-17-7-9-19(10-8-17)21-24-15-20(23(28)29)22(25-21)27-13-11-26(12-14-27)16-18-5-3-2-4-6-18/h2-10,15H,11-14,16H2,1H3,(H,28,29). The summed E-state index contributed by atoms with van der Waals surface area (Å²) in [4.78, 5) is 25.1. The maximum Gasteiger partial charge on any atom is 0.341 e. The first-order chi connectivity index (χ1) is 14.1. The second kappa shape index (κ2) is 8.41. The Kier molecular flexibility index (Phi) is 5.53. The molecule has 0 spiro atoms. The van der Waals surface area contributed by atoms with Crippen LogP contribution in [0.1, 0.15) is 21.5 Å². The molecule has 148 valence electrons. The van der Waals surface area contributed by atoms with Gasteiger partial charge in [-0.1, -0.05) is 60.2 Å². The Labute approximate surface area is 170 Å². The van der Waals surface area contributed by atoms with Crippen molar-refractivity contribution in [3.8, 4) is 11.4 Å². The summed E-state index contributed by atoms with van der Waals surface area (Å²) < 4.78 is 0. The van der Waals surface area contributed by atoms with E-state index in [0.29, 0.717) is 11.6 Å². The minimum atomic E-state index is -0.998. The molecule has 1 N–H and O–H groups in total. The van der Waals surface area contributed by atoms with Gasteiger partial charge in [-0.2, -0.15) is 0 Å². The van der Waals surface area contributed by atoms with E-state index in [1.165, 1.54) is 11.8 Å². The zero-order valence-electron chi connectivity index (χ0n) is 16.5. The molecule has 1 aliphatic heterocycles. The van der Waals surface area contributed by atoms with Crippen molar-refractivity contribution in [2.24, 2.45) is 0 Å². The van der Waals surface area contributed by atoms with Crippen molar-refractivity contribution in [3.63, 3.8) is 0 Å². The lowest BCUT2D eigenvalue weighted by atomic mass is 10.1. The third kappa shape index (κ3) is 4.43. The van der Waals surface area contributed by atoms with Crippen LogP contribution >= 0.6 is 0 Å². The molecule has 29 heavy (non-hydrogen) atoms. The Morgan fingerprint density at radius 3 is 2.34 bits per heavy atom. The van der Waals surface area contributed by atoms with Crippen LogP contribution in [0.15, 0.2) is 60.8 Å². The van der Waals surface area contributed by atoms with Crippen molar-refractivity contribution in [2.75, 3.05) is 31.1 Å². The third-order valence-electron chi connectivity index (χ3n) is 5.23. The van der Waals surface area contributed by atoms with E-state index in [1.807, 2.05) is 37.3 Å². The molecular weight excluding hydrogens is 364 g/mol. The van der Waals surface area contributed by atoms with Crippen LogP contribution in [0.2, 0.25) is 0 Å². The summed E-state index contributed by atoms with van der Waals surface area (Å²) in [6.45, 7) is 6.11. The zero-order chi connectivity index (χ0) is 20.2. The fourth-order valence-corrected chi connectivity index (χ4v) is 3.57. The first-order valence-electron chi connectivity index (χ1n) is 9.79. The van der Waals surface area contributed by atoms with Crippen molar-refractivity contribution in [1.82, 2.24) is 14.9 Å². The lowest BCUT2D eigenvalue weighted by Gasteiger charge is -2.36. The summed E-state index contributed by atoms with van der Waals surface area (Å²) >= 11 is 0. The van der Waals surface area contributed by atoms with Crippen molar-refractivity contribution in [1.29, 1.82) is 0 Å². The molecule has 1 aromatic heterocycles. The van der Waals surface area contributed by atoms with Gasteiger partial charge in [-0.25, -0.2) is 14.8 Å². The van der Waals surface area contributed by atoms with Crippen LogP contribution in [0.4, 0.5) is 5.82 Å². The minimum absolute atomic E-state index is 0.150. The second-order valence-electron chi connectivity index (χ2n) is 7.35. The van der Waals surface area contributed by atoms with Crippen molar-refractivity contribution >= 4 is 11.8 Å². The van der Waals surface area contributed by atoms with E-state index >= 15 is 0 Å². The number of carbonyl (C=O) groups is 1. The highest BCUT2D eigenvalue weighted by Gasteiger charge is 2.24. The van der Waals surface area contributed by atoms with Crippen LogP contribution in [0.5, 0.6) is 0 Å². The van der Waals surface area contributed by atoms with Crippen molar-refractivity contribution < 1.29 is 9.90 Å². The summed E-state index contributed by atoms with van der Waals surface area (Å²) in [6, 6.07) is 18.3. The average molecular weight is 388 g/mol. The number of hydrogen-bond donors (Lipinski definition) is 1. The Bertz CT molecular complexity index is 982. The SMILES string of the molecule is Cc1ccc(-c2ncc(C(=O)O)c(N3CCN(Cc4ccccc4)CC3)n2)cc1. The van der Waals surface area contributed by atoms with E-state index in [9.17, 15) is 9.90 Å². The van der Waals surface area contributed by atoms with Crippen LogP contribution in [0.25, 0.3) is 11.4 Å². The van der Waals surface area contributed by atoms with Gasteiger partial charge in [0.15, 0.2) is 5.82 Å². The molecule has 0 unspecified atom stereocenters. The van der Waals surface area contributed by atoms with Gasteiger partial charge in [0.1, 0.15) is 11.4 Å². The highest BCUT2D eigenvalue weighted by molar-refractivity contribution is 5.93. The Hall–Kier alpha value is -3.25. The average Bonchev–Trinajstić information content (AvgIpc) is 2.75. The van der Waals surface area contributed by atoms with E-state index < -0.39 is 5.97 Å². The van der Waals surface area contributed by atoms with Gasteiger partial charge in [-0.3, -0.25) is 4.90 Å². The quantitative estimate of drug-likeness (QED) is 0.722. The predicted molar refractivity (Wildman–Crippen MR) is 113 cm³/mol.